The van der Waals surface area contributed by atoms with Crippen LogP contribution in [-0.2, 0) is 19.1 Å². The number of rotatable bonds is 8. The number of fused-ring (bicyclic) bond motifs is 1. The molecule has 1 saturated heterocycles. The van der Waals surface area contributed by atoms with Gasteiger partial charge in [0.15, 0.2) is 5.60 Å². The van der Waals surface area contributed by atoms with Crippen molar-refractivity contribution in [3.05, 3.63) is 11.6 Å². The summed E-state index contributed by atoms with van der Waals surface area (Å²) in [6, 6.07) is -0.183. The number of hydrogen-bond acceptors (Lipinski definition) is 8. The third-order valence-corrected chi connectivity index (χ3v) is 5.49. The van der Waals surface area contributed by atoms with Crippen molar-refractivity contribution in [2.45, 2.75) is 76.9 Å². The van der Waals surface area contributed by atoms with Crippen LogP contribution >= 0.6 is 0 Å². The zero-order valence-corrected chi connectivity index (χ0v) is 17.3. The highest BCUT2D eigenvalue weighted by Crippen LogP contribution is 2.32. The Bertz CT molecular complexity index is 613. The minimum absolute atomic E-state index is 0.0404. The predicted molar refractivity (Wildman–Crippen MR) is 101 cm³/mol. The van der Waals surface area contributed by atoms with E-state index in [2.05, 4.69) is 4.90 Å². The molecule has 3 N–H and O–H groups in total. The smallest absolute Gasteiger partial charge is 0.341 e. The molecule has 0 saturated carbocycles. The Hall–Kier alpha value is -1.48. The Balaban J connectivity index is 1.99. The summed E-state index contributed by atoms with van der Waals surface area (Å²) in [7, 11) is 0. The summed E-state index contributed by atoms with van der Waals surface area (Å²) in [6.07, 6.45) is 0.862. The van der Waals surface area contributed by atoms with Gasteiger partial charge in [-0.3, -0.25) is 9.69 Å². The van der Waals surface area contributed by atoms with Crippen LogP contribution < -0.4 is 0 Å². The SMILES string of the molecule is CC(C)C(O)(C(=O)OCC1=CCN2CCC(OC(=O)CC(C)(C)O)C12)C(C)O. The van der Waals surface area contributed by atoms with E-state index in [1.807, 2.05) is 6.08 Å². The first-order valence-electron chi connectivity index (χ1n) is 9.78. The van der Waals surface area contributed by atoms with Crippen LogP contribution in [0.2, 0.25) is 0 Å². The Morgan fingerprint density at radius 2 is 1.93 bits per heavy atom. The van der Waals surface area contributed by atoms with Gasteiger partial charge in [0.05, 0.1) is 24.2 Å². The molecule has 8 heteroatoms. The molecule has 28 heavy (non-hydrogen) atoms. The standard InChI is InChI=1S/C20H33NO7/c1-12(2)20(26,13(3)22)18(24)27-11-14-6-8-21-9-7-15(17(14)21)28-16(23)10-19(4,5)25/h6,12-13,15,17,22,25-26H,7-11H2,1-5H3. The second-order valence-corrected chi connectivity index (χ2v) is 8.76. The molecule has 4 atom stereocenters. The molecule has 0 aromatic rings. The molecule has 0 spiro atoms. The fourth-order valence-electron chi connectivity index (χ4n) is 3.84. The van der Waals surface area contributed by atoms with E-state index in [9.17, 15) is 24.9 Å². The molecule has 0 aliphatic carbocycles. The molecule has 4 unspecified atom stereocenters. The fraction of sp³-hybridized carbons (Fsp3) is 0.800. The third-order valence-electron chi connectivity index (χ3n) is 5.49. The minimum atomic E-state index is -1.98. The molecule has 8 nitrogen and oxygen atoms in total. The van der Waals surface area contributed by atoms with Crippen LogP contribution in [0.15, 0.2) is 11.6 Å². The zero-order chi connectivity index (χ0) is 21.3. The van der Waals surface area contributed by atoms with Gasteiger partial charge < -0.3 is 24.8 Å². The van der Waals surface area contributed by atoms with Gasteiger partial charge in [0.25, 0.3) is 0 Å². The fourth-order valence-corrected chi connectivity index (χ4v) is 3.84. The number of aliphatic hydroxyl groups excluding tert-OH is 1. The van der Waals surface area contributed by atoms with Crippen molar-refractivity contribution in [1.29, 1.82) is 0 Å². The highest BCUT2D eigenvalue weighted by molar-refractivity contribution is 5.80. The summed E-state index contributed by atoms with van der Waals surface area (Å²) in [5.41, 5.74) is -2.31. The van der Waals surface area contributed by atoms with Crippen LogP contribution in [0.3, 0.4) is 0 Å². The number of aliphatic hydroxyl groups is 3. The molecule has 1 fully saturated rings. The van der Waals surface area contributed by atoms with Crippen LogP contribution in [0, 0.1) is 5.92 Å². The number of carbonyl (C=O) groups excluding carboxylic acids is 2. The topological polar surface area (TPSA) is 117 Å². The Morgan fingerprint density at radius 3 is 2.46 bits per heavy atom. The van der Waals surface area contributed by atoms with Crippen LogP contribution in [0.4, 0.5) is 0 Å². The van der Waals surface area contributed by atoms with E-state index >= 15 is 0 Å². The maximum absolute atomic E-state index is 12.4. The monoisotopic (exact) mass is 399 g/mol. The molecule has 0 aromatic heterocycles. The lowest BCUT2D eigenvalue weighted by atomic mass is 9.85. The maximum atomic E-state index is 12.4. The molecule has 0 bridgehead atoms. The molecule has 2 rings (SSSR count). The van der Waals surface area contributed by atoms with Crippen LogP contribution in [0.5, 0.6) is 0 Å². The van der Waals surface area contributed by atoms with Crippen molar-refractivity contribution in [1.82, 2.24) is 4.90 Å². The minimum Gasteiger partial charge on any atom is -0.460 e. The summed E-state index contributed by atoms with van der Waals surface area (Å²) < 4.78 is 10.9. The van der Waals surface area contributed by atoms with E-state index in [4.69, 9.17) is 9.47 Å². The van der Waals surface area contributed by atoms with Crippen molar-refractivity contribution < 1.29 is 34.4 Å². The quantitative estimate of drug-likeness (QED) is 0.396. The summed E-state index contributed by atoms with van der Waals surface area (Å²) in [5.74, 6) is -1.85. The summed E-state index contributed by atoms with van der Waals surface area (Å²) >= 11 is 0. The van der Waals surface area contributed by atoms with Gasteiger partial charge >= 0.3 is 11.9 Å². The van der Waals surface area contributed by atoms with Gasteiger partial charge in [0.2, 0.25) is 0 Å². The maximum Gasteiger partial charge on any atom is 0.341 e. The number of carbonyl (C=O) groups is 2. The van der Waals surface area contributed by atoms with Crippen molar-refractivity contribution in [2.24, 2.45) is 5.92 Å². The van der Waals surface area contributed by atoms with E-state index in [0.717, 1.165) is 12.1 Å². The molecular weight excluding hydrogens is 366 g/mol. The second-order valence-electron chi connectivity index (χ2n) is 8.76. The zero-order valence-electron chi connectivity index (χ0n) is 17.3. The lowest BCUT2D eigenvalue weighted by molar-refractivity contribution is -0.184. The average molecular weight is 399 g/mol. The highest BCUT2D eigenvalue weighted by atomic mass is 16.6. The summed E-state index contributed by atoms with van der Waals surface area (Å²) in [4.78, 5) is 26.7. The van der Waals surface area contributed by atoms with Crippen molar-refractivity contribution in [2.75, 3.05) is 19.7 Å². The number of nitrogens with zero attached hydrogens (tertiary/aromatic N) is 1. The predicted octanol–water partition coefficient (Wildman–Crippen LogP) is 0.385. The molecule has 0 radical (unpaired) electrons. The van der Waals surface area contributed by atoms with Gasteiger partial charge in [-0.15, -0.1) is 0 Å². The molecular formula is C20H33NO7. The van der Waals surface area contributed by atoms with Crippen LogP contribution in [-0.4, -0.2) is 81.3 Å². The Labute approximate surface area is 166 Å². The summed E-state index contributed by atoms with van der Waals surface area (Å²) in [5, 5.41) is 30.2. The normalized spacial score (nSPS) is 25.8. The highest BCUT2D eigenvalue weighted by Gasteiger charge is 2.47. The molecule has 0 amide bonds. The van der Waals surface area contributed by atoms with Crippen LogP contribution in [0.1, 0.15) is 47.5 Å². The summed E-state index contributed by atoms with van der Waals surface area (Å²) in [6.45, 7) is 9.11. The van der Waals surface area contributed by atoms with E-state index in [1.54, 1.807) is 27.7 Å². The van der Waals surface area contributed by atoms with E-state index < -0.39 is 35.2 Å². The lowest BCUT2D eigenvalue weighted by Crippen LogP contribution is -2.53. The number of hydrogen-bond donors (Lipinski definition) is 3. The van der Waals surface area contributed by atoms with Gasteiger partial charge in [-0.1, -0.05) is 19.9 Å². The molecule has 2 aliphatic rings. The lowest BCUT2D eigenvalue weighted by Gasteiger charge is -2.32. The first-order valence-corrected chi connectivity index (χ1v) is 9.78. The van der Waals surface area contributed by atoms with Crippen molar-refractivity contribution >= 4 is 11.9 Å². The van der Waals surface area contributed by atoms with Crippen LogP contribution in [0.25, 0.3) is 0 Å². The Morgan fingerprint density at radius 1 is 1.29 bits per heavy atom. The Kier molecular flexibility index (Phi) is 6.91. The molecule has 2 heterocycles. The van der Waals surface area contributed by atoms with Gasteiger partial charge in [0.1, 0.15) is 12.7 Å². The van der Waals surface area contributed by atoms with E-state index in [1.165, 1.54) is 6.92 Å². The largest absolute Gasteiger partial charge is 0.460 e. The van der Waals surface area contributed by atoms with Gasteiger partial charge in [-0.25, -0.2) is 4.79 Å². The van der Waals surface area contributed by atoms with Gasteiger partial charge in [0, 0.05) is 13.1 Å². The first-order chi connectivity index (χ1) is 12.9. The van der Waals surface area contributed by atoms with E-state index in [-0.39, 0.29) is 25.2 Å². The molecule has 2 aliphatic heterocycles. The third kappa shape index (κ3) is 4.92. The first kappa shape index (κ1) is 22.8. The number of esters is 2. The van der Waals surface area contributed by atoms with Crippen molar-refractivity contribution in [3.63, 3.8) is 0 Å². The van der Waals surface area contributed by atoms with Gasteiger partial charge in [-0.05, 0) is 38.7 Å². The van der Waals surface area contributed by atoms with E-state index in [0.29, 0.717) is 13.0 Å². The molecule has 160 valence electrons. The van der Waals surface area contributed by atoms with Gasteiger partial charge in [-0.2, -0.15) is 0 Å². The molecule has 0 aromatic carbocycles. The average Bonchev–Trinajstić information content (AvgIpc) is 3.12. The van der Waals surface area contributed by atoms with Crippen molar-refractivity contribution in [3.8, 4) is 0 Å². The second kappa shape index (κ2) is 8.49. The number of ether oxygens (including phenoxy) is 2.